The third kappa shape index (κ3) is 1.88. The van der Waals surface area contributed by atoms with Crippen LogP contribution >= 0.6 is 11.6 Å². The lowest BCUT2D eigenvalue weighted by Crippen LogP contribution is -2.31. The number of hydrogen-bond acceptors (Lipinski definition) is 4. The maximum atomic E-state index is 8.80. The maximum Gasteiger partial charge on any atom is 0.491 e. The molecule has 4 nitrogen and oxygen atoms in total. The summed E-state index contributed by atoms with van der Waals surface area (Å²) in [5.41, 5.74) is 0.135. The Balaban J connectivity index is 3.08. The van der Waals surface area contributed by atoms with Crippen molar-refractivity contribution in [2.45, 2.75) is 0 Å². The molecule has 1 aromatic rings. The van der Waals surface area contributed by atoms with Crippen molar-refractivity contribution < 1.29 is 14.8 Å². The number of rotatable bonds is 2. The monoisotopic (exact) mass is 187 g/mol. The first-order valence-electron chi connectivity index (χ1n) is 3.20. The molecule has 0 saturated heterocycles. The highest BCUT2D eigenvalue weighted by Gasteiger charge is 2.16. The second kappa shape index (κ2) is 3.75. The zero-order valence-electron chi connectivity index (χ0n) is 6.36. The van der Waals surface area contributed by atoms with E-state index in [1.165, 1.54) is 19.4 Å². The zero-order chi connectivity index (χ0) is 9.14. The highest BCUT2D eigenvalue weighted by Crippen LogP contribution is 2.09. The Bertz CT molecular complexity index is 281. The average Bonchev–Trinajstić information content (AvgIpc) is 2.05. The summed E-state index contributed by atoms with van der Waals surface area (Å²) in [6, 6.07) is 1.42. The van der Waals surface area contributed by atoms with Crippen molar-refractivity contribution in [2.75, 3.05) is 7.11 Å². The van der Waals surface area contributed by atoms with Gasteiger partial charge in [-0.05, 0) is 6.07 Å². The van der Waals surface area contributed by atoms with Gasteiger partial charge in [0.2, 0.25) is 0 Å². The lowest BCUT2D eigenvalue weighted by Gasteiger charge is -2.04. The van der Waals surface area contributed by atoms with Crippen LogP contribution in [0.3, 0.4) is 0 Å². The molecule has 0 unspecified atom stereocenters. The number of aromatic nitrogens is 1. The fourth-order valence-corrected chi connectivity index (χ4v) is 0.939. The molecule has 1 heterocycles. The summed E-state index contributed by atoms with van der Waals surface area (Å²) in [4.78, 5) is 3.69. The van der Waals surface area contributed by atoms with Crippen molar-refractivity contribution in [3.05, 3.63) is 17.4 Å². The van der Waals surface area contributed by atoms with E-state index < -0.39 is 7.12 Å². The average molecular weight is 187 g/mol. The van der Waals surface area contributed by atoms with Crippen LogP contribution in [0, 0.1) is 0 Å². The highest BCUT2D eigenvalue weighted by molar-refractivity contribution is 6.62. The molecule has 1 rings (SSSR count). The minimum absolute atomic E-state index is 0.0609. The third-order valence-electron chi connectivity index (χ3n) is 1.35. The van der Waals surface area contributed by atoms with E-state index in [1.807, 2.05) is 0 Å². The molecule has 1 aromatic heterocycles. The lowest BCUT2D eigenvalue weighted by molar-refractivity contribution is 0.410. The molecule has 0 aliphatic rings. The van der Waals surface area contributed by atoms with E-state index >= 15 is 0 Å². The van der Waals surface area contributed by atoms with Gasteiger partial charge in [-0.3, -0.25) is 0 Å². The molecule has 6 heteroatoms. The van der Waals surface area contributed by atoms with E-state index in [4.69, 9.17) is 26.4 Å². The van der Waals surface area contributed by atoms with Crippen molar-refractivity contribution in [3.63, 3.8) is 0 Å². The molecule has 12 heavy (non-hydrogen) atoms. The van der Waals surface area contributed by atoms with Crippen molar-refractivity contribution in [1.82, 2.24) is 4.98 Å². The molecule has 0 saturated carbocycles. The van der Waals surface area contributed by atoms with Crippen LogP contribution in [0.25, 0.3) is 0 Å². The number of methoxy groups -OCH3 is 1. The van der Waals surface area contributed by atoms with Crippen LogP contribution < -0.4 is 10.2 Å². The van der Waals surface area contributed by atoms with E-state index in [0.29, 0.717) is 5.75 Å². The Labute approximate surface area is 74.9 Å². The van der Waals surface area contributed by atoms with Gasteiger partial charge in [0.1, 0.15) is 10.9 Å². The highest BCUT2D eigenvalue weighted by atomic mass is 35.5. The topological polar surface area (TPSA) is 62.6 Å². The lowest BCUT2D eigenvalue weighted by atomic mass is 9.81. The van der Waals surface area contributed by atoms with Gasteiger partial charge in [0.05, 0.1) is 13.3 Å². The predicted molar refractivity (Wildman–Crippen MR) is 45.6 cm³/mol. The van der Waals surface area contributed by atoms with E-state index in [1.54, 1.807) is 0 Å². The summed E-state index contributed by atoms with van der Waals surface area (Å²) < 4.78 is 4.82. The third-order valence-corrected chi connectivity index (χ3v) is 1.67. The fraction of sp³-hybridized carbons (Fsp3) is 0.167. The zero-order valence-corrected chi connectivity index (χ0v) is 7.12. The molecule has 0 fully saturated rings. The Kier molecular flexibility index (Phi) is 2.91. The molecule has 0 aliphatic heterocycles. The van der Waals surface area contributed by atoms with Crippen molar-refractivity contribution in [3.8, 4) is 5.75 Å². The number of nitrogens with zero attached hydrogens (tertiary/aromatic N) is 1. The molecule has 0 bridgehead atoms. The van der Waals surface area contributed by atoms with Crippen molar-refractivity contribution >= 4 is 24.2 Å². The van der Waals surface area contributed by atoms with Crippen LogP contribution in [0.5, 0.6) is 5.75 Å². The van der Waals surface area contributed by atoms with Crippen LogP contribution in [0.1, 0.15) is 0 Å². The summed E-state index contributed by atoms with van der Waals surface area (Å²) >= 11 is 5.56. The predicted octanol–water partition coefficient (Wildman–Crippen LogP) is -0.577. The van der Waals surface area contributed by atoms with Crippen molar-refractivity contribution in [1.29, 1.82) is 0 Å². The molecule has 0 aromatic carbocycles. The number of halogens is 1. The Hall–Kier alpha value is -0.775. The molecule has 64 valence electrons. The molecule has 0 radical (unpaired) electrons. The summed E-state index contributed by atoms with van der Waals surface area (Å²) in [5.74, 6) is 0.433. The minimum Gasteiger partial charge on any atom is -0.495 e. The summed E-state index contributed by atoms with van der Waals surface area (Å²) in [5, 5.41) is 17.7. The van der Waals surface area contributed by atoms with Crippen molar-refractivity contribution in [2.24, 2.45) is 0 Å². The molecular formula is C6H7BClNO3. The van der Waals surface area contributed by atoms with Gasteiger partial charge in [0.15, 0.2) is 0 Å². The SMILES string of the molecule is COc1cnc(Cl)c(B(O)O)c1. The van der Waals surface area contributed by atoms with E-state index in [2.05, 4.69) is 4.98 Å². The van der Waals surface area contributed by atoms with Gasteiger partial charge >= 0.3 is 7.12 Å². The Morgan fingerprint density at radius 1 is 1.58 bits per heavy atom. The molecule has 0 spiro atoms. The second-order valence-electron chi connectivity index (χ2n) is 2.13. The van der Waals surface area contributed by atoms with Crippen LogP contribution in [0.4, 0.5) is 0 Å². The van der Waals surface area contributed by atoms with Crippen LogP contribution in [-0.2, 0) is 0 Å². The molecule has 2 N–H and O–H groups in total. The van der Waals surface area contributed by atoms with Crippen LogP contribution in [-0.4, -0.2) is 29.3 Å². The molecule has 0 atom stereocenters. The Morgan fingerprint density at radius 2 is 2.25 bits per heavy atom. The normalized spacial score (nSPS) is 9.67. The largest absolute Gasteiger partial charge is 0.495 e. The van der Waals surface area contributed by atoms with Gasteiger partial charge in [0, 0.05) is 5.46 Å². The first-order valence-corrected chi connectivity index (χ1v) is 3.58. The standard InChI is InChI=1S/C6H7BClNO3/c1-12-4-2-5(7(10)11)6(8)9-3-4/h2-3,10-11H,1H3. The smallest absolute Gasteiger partial charge is 0.491 e. The molecule has 0 amide bonds. The first-order chi connectivity index (χ1) is 5.65. The number of hydrogen-bond donors (Lipinski definition) is 2. The summed E-state index contributed by atoms with van der Waals surface area (Å²) in [6.07, 6.45) is 1.40. The minimum atomic E-state index is -1.62. The quantitative estimate of drug-likeness (QED) is 0.480. The van der Waals surface area contributed by atoms with E-state index in [9.17, 15) is 0 Å². The molecule has 0 aliphatic carbocycles. The van der Waals surface area contributed by atoms with Gasteiger partial charge in [-0.15, -0.1) is 0 Å². The van der Waals surface area contributed by atoms with E-state index in [-0.39, 0.29) is 10.6 Å². The summed E-state index contributed by atoms with van der Waals surface area (Å²) in [7, 11) is -0.168. The second-order valence-corrected chi connectivity index (χ2v) is 2.49. The van der Waals surface area contributed by atoms with Gasteiger partial charge < -0.3 is 14.8 Å². The number of pyridine rings is 1. The van der Waals surface area contributed by atoms with Crippen LogP contribution in [0.2, 0.25) is 5.15 Å². The van der Waals surface area contributed by atoms with Gasteiger partial charge in [-0.1, -0.05) is 11.6 Å². The van der Waals surface area contributed by atoms with Crippen LogP contribution in [0.15, 0.2) is 12.3 Å². The maximum absolute atomic E-state index is 8.80. The summed E-state index contributed by atoms with van der Waals surface area (Å²) in [6.45, 7) is 0. The number of ether oxygens (including phenoxy) is 1. The van der Waals surface area contributed by atoms with E-state index in [0.717, 1.165) is 0 Å². The van der Waals surface area contributed by atoms with Gasteiger partial charge in [-0.2, -0.15) is 0 Å². The van der Waals surface area contributed by atoms with Gasteiger partial charge in [0.25, 0.3) is 0 Å². The molecular weight excluding hydrogens is 180 g/mol. The van der Waals surface area contributed by atoms with Gasteiger partial charge in [-0.25, -0.2) is 4.98 Å². The Morgan fingerprint density at radius 3 is 2.75 bits per heavy atom. The first kappa shape index (κ1) is 9.31. The fourth-order valence-electron chi connectivity index (χ4n) is 0.738.